The number of carboxylic acid groups (broad SMARTS) is 1. The first-order chi connectivity index (χ1) is 5.22. The smallest absolute Gasteiger partial charge is 0.337 e. The van der Waals surface area contributed by atoms with E-state index in [4.69, 9.17) is 10.2 Å². The zero-order valence-electron chi connectivity index (χ0n) is 6.47. The highest BCUT2D eigenvalue weighted by atomic mass is 24.3. The molecule has 3 nitrogen and oxygen atoms in total. The fraction of sp³-hybridized carbons (Fsp3) is 0.125. The fourth-order valence-electron chi connectivity index (χ4n) is 0.778. The first-order valence-electron chi connectivity index (χ1n) is 3.17. The van der Waals surface area contributed by atoms with Crippen LogP contribution in [-0.2, 0) is 4.79 Å². The van der Waals surface area contributed by atoms with Crippen LogP contribution in [0.1, 0.15) is 11.7 Å². The molecule has 2 radical (unpaired) electrons. The number of aliphatic hydroxyl groups excluding tert-OH is 1. The lowest BCUT2D eigenvalue weighted by Gasteiger charge is -2.03. The largest absolute Gasteiger partial charge is 0.479 e. The summed E-state index contributed by atoms with van der Waals surface area (Å²) in [6, 6.07) is 8.26. The molecule has 0 bridgehead atoms. The van der Waals surface area contributed by atoms with E-state index in [0.29, 0.717) is 5.56 Å². The predicted octanol–water partition coefficient (Wildman–Crippen LogP) is 0.424. The van der Waals surface area contributed by atoms with Gasteiger partial charge < -0.3 is 10.2 Å². The molecule has 0 heterocycles. The van der Waals surface area contributed by atoms with Gasteiger partial charge in [0.1, 0.15) is 0 Å². The zero-order chi connectivity index (χ0) is 8.27. The molecule has 0 aliphatic rings. The molecule has 0 fully saturated rings. The van der Waals surface area contributed by atoms with Gasteiger partial charge >= 0.3 is 5.97 Å². The van der Waals surface area contributed by atoms with E-state index in [0.717, 1.165) is 0 Å². The Morgan fingerprint density at radius 2 is 1.75 bits per heavy atom. The minimum Gasteiger partial charge on any atom is -0.479 e. The van der Waals surface area contributed by atoms with Crippen molar-refractivity contribution in [3.8, 4) is 0 Å². The van der Waals surface area contributed by atoms with Gasteiger partial charge in [-0.25, -0.2) is 4.79 Å². The summed E-state index contributed by atoms with van der Waals surface area (Å²) < 4.78 is 0. The molecule has 60 valence electrons. The molecule has 1 aromatic rings. The zero-order valence-corrected chi connectivity index (χ0v) is 7.89. The molecular formula is C8H8MgO3. The molecule has 0 spiro atoms. The van der Waals surface area contributed by atoms with Gasteiger partial charge in [0.15, 0.2) is 6.10 Å². The monoisotopic (exact) mass is 176 g/mol. The van der Waals surface area contributed by atoms with Gasteiger partial charge in [0.2, 0.25) is 0 Å². The van der Waals surface area contributed by atoms with Crippen molar-refractivity contribution in [1.29, 1.82) is 0 Å². The van der Waals surface area contributed by atoms with Crippen molar-refractivity contribution in [2.75, 3.05) is 0 Å². The van der Waals surface area contributed by atoms with Gasteiger partial charge in [0.25, 0.3) is 0 Å². The second kappa shape index (κ2) is 5.13. The van der Waals surface area contributed by atoms with Gasteiger partial charge in [-0.1, -0.05) is 30.3 Å². The minimum atomic E-state index is -1.41. The van der Waals surface area contributed by atoms with E-state index in [1.165, 1.54) is 0 Å². The molecule has 1 atom stereocenters. The van der Waals surface area contributed by atoms with E-state index < -0.39 is 12.1 Å². The molecule has 0 saturated heterocycles. The van der Waals surface area contributed by atoms with Crippen molar-refractivity contribution in [1.82, 2.24) is 0 Å². The number of hydrogen-bond acceptors (Lipinski definition) is 2. The summed E-state index contributed by atoms with van der Waals surface area (Å²) in [6.45, 7) is 0. The van der Waals surface area contributed by atoms with Crippen molar-refractivity contribution >= 4 is 29.0 Å². The van der Waals surface area contributed by atoms with E-state index >= 15 is 0 Å². The first-order valence-corrected chi connectivity index (χ1v) is 3.17. The Kier molecular flexibility index (Phi) is 4.88. The van der Waals surface area contributed by atoms with Crippen LogP contribution >= 0.6 is 0 Å². The summed E-state index contributed by atoms with van der Waals surface area (Å²) >= 11 is 0. The Bertz CT molecular complexity index is 248. The molecule has 0 aliphatic heterocycles. The summed E-state index contributed by atoms with van der Waals surface area (Å²) in [4.78, 5) is 10.2. The predicted molar refractivity (Wildman–Crippen MR) is 44.8 cm³/mol. The van der Waals surface area contributed by atoms with E-state index in [2.05, 4.69) is 0 Å². The summed E-state index contributed by atoms with van der Waals surface area (Å²) in [5, 5.41) is 17.4. The summed E-state index contributed by atoms with van der Waals surface area (Å²) in [7, 11) is 0. The van der Waals surface area contributed by atoms with Crippen LogP contribution in [-0.4, -0.2) is 39.2 Å². The van der Waals surface area contributed by atoms with E-state index in [1.807, 2.05) is 0 Å². The summed E-state index contributed by atoms with van der Waals surface area (Å²) in [5.74, 6) is -1.23. The summed E-state index contributed by atoms with van der Waals surface area (Å²) in [6.07, 6.45) is -1.41. The summed E-state index contributed by atoms with van der Waals surface area (Å²) in [5.41, 5.74) is 0.403. The van der Waals surface area contributed by atoms with Gasteiger partial charge in [-0.15, -0.1) is 0 Å². The quantitative estimate of drug-likeness (QED) is 0.642. The maximum atomic E-state index is 10.2. The topological polar surface area (TPSA) is 57.5 Å². The van der Waals surface area contributed by atoms with Crippen molar-refractivity contribution < 1.29 is 15.0 Å². The van der Waals surface area contributed by atoms with E-state index in [9.17, 15) is 4.79 Å². The van der Waals surface area contributed by atoms with Gasteiger partial charge in [0, 0.05) is 23.1 Å². The van der Waals surface area contributed by atoms with Crippen LogP contribution in [0.25, 0.3) is 0 Å². The molecule has 0 saturated carbocycles. The molecule has 0 unspecified atom stereocenters. The number of rotatable bonds is 2. The minimum absolute atomic E-state index is 0. The van der Waals surface area contributed by atoms with Crippen molar-refractivity contribution in [2.24, 2.45) is 0 Å². The molecule has 0 amide bonds. The lowest BCUT2D eigenvalue weighted by Crippen LogP contribution is -2.09. The average molecular weight is 176 g/mol. The molecule has 0 aliphatic carbocycles. The highest BCUT2D eigenvalue weighted by Crippen LogP contribution is 2.10. The maximum Gasteiger partial charge on any atom is 0.337 e. The van der Waals surface area contributed by atoms with E-state index in [-0.39, 0.29) is 23.1 Å². The van der Waals surface area contributed by atoms with Crippen LogP contribution in [0.3, 0.4) is 0 Å². The van der Waals surface area contributed by atoms with Crippen LogP contribution in [0.5, 0.6) is 0 Å². The third-order valence-electron chi connectivity index (χ3n) is 1.35. The number of carbonyl (C=O) groups is 1. The number of hydrogen-bond donors (Lipinski definition) is 2. The highest BCUT2D eigenvalue weighted by molar-refractivity contribution is 5.75. The Balaban J connectivity index is 0.00000121. The molecular weight excluding hydrogens is 168 g/mol. The van der Waals surface area contributed by atoms with Crippen molar-refractivity contribution in [3.05, 3.63) is 35.9 Å². The molecule has 2 N–H and O–H groups in total. The van der Waals surface area contributed by atoms with E-state index in [1.54, 1.807) is 30.3 Å². The van der Waals surface area contributed by atoms with Crippen LogP contribution in [0.2, 0.25) is 0 Å². The lowest BCUT2D eigenvalue weighted by molar-refractivity contribution is -0.146. The second-order valence-electron chi connectivity index (χ2n) is 2.15. The maximum absolute atomic E-state index is 10.2. The SMILES string of the molecule is O=C(O)[C@@H](O)c1ccccc1.[Mg]. The van der Waals surface area contributed by atoms with Gasteiger partial charge in [-0.3, -0.25) is 0 Å². The van der Waals surface area contributed by atoms with Gasteiger partial charge in [-0.05, 0) is 5.56 Å². The standard InChI is InChI=1S/C8H8O3.Mg/c9-7(8(10)11)6-4-2-1-3-5-6;/h1-5,7,9H,(H,10,11);/t7-;/m0./s1. The lowest BCUT2D eigenvalue weighted by atomic mass is 10.1. The Morgan fingerprint density at radius 3 is 2.17 bits per heavy atom. The van der Waals surface area contributed by atoms with Gasteiger partial charge in [0.05, 0.1) is 0 Å². The van der Waals surface area contributed by atoms with Crippen LogP contribution in [0.15, 0.2) is 30.3 Å². The number of benzene rings is 1. The van der Waals surface area contributed by atoms with Crippen molar-refractivity contribution in [2.45, 2.75) is 6.10 Å². The third kappa shape index (κ3) is 2.81. The van der Waals surface area contributed by atoms with Crippen LogP contribution in [0.4, 0.5) is 0 Å². The molecule has 1 rings (SSSR count). The Morgan fingerprint density at radius 1 is 1.25 bits per heavy atom. The Labute approximate surface area is 86.2 Å². The fourth-order valence-corrected chi connectivity index (χ4v) is 0.778. The van der Waals surface area contributed by atoms with Crippen LogP contribution < -0.4 is 0 Å². The normalized spacial score (nSPS) is 11.4. The highest BCUT2D eigenvalue weighted by Gasteiger charge is 2.14. The molecule has 0 aromatic heterocycles. The number of aliphatic carboxylic acids is 1. The molecule has 4 heteroatoms. The molecule has 12 heavy (non-hydrogen) atoms. The number of carboxylic acids is 1. The molecule has 1 aromatic carbocycles. The van der Waals surface area contributed by atoms with Crippen LogP contribution in [0, 0.1) is 0 Å². The second-order valence-corrected chi connectivity index (χ2v) is 2.15. The van der Waals surface area contributed by atoms with Gasteiger partial charge in [-0.2, -0.15) is 0 Å². The first kappa shape index (κ1) is 11.4. The average Bonchev–Trinajstić information content (AvgIpc) is 2.05. The Hall–Kier alpha value is -0.584. The number of aliphatic hydroxyl groups is 1. The van der Waals surface area contributed by atoms with Crippen molar-refractivity contribution in [3.63, 3.8) is 0 Å². The third-order valence-corrected chi connectivity index (χ3v) is 1.35.